The zero-order chi connectivity index (χ0) is 14.4. The number of Topliss-reactive ketones (excluding diaryl/α,β-unsaturated/α-hetero) is 1. The SMILES string of the molecule is C[NH+](C)CCC(=O)c1ccc2c(c1)OCCCCCO2. The zero-order valence-electron chi connectivity index (χ0n) is 12.4. The predicted molar refractivity (Wildman–Crippen MR) is 77.9 cm³/mol. The van der Waals surface area contributed by atoms with Gasteiger partial charge in [-0.05, 0) is 37.5 Å². The molecule has 2 rings (SSSR count). The third-order valence-electron chi connectivity index (χ3n) is 3.42. The Morgan fingerprint density at radius 3 is 2.50 bits per heavy atom. The molecule has 110 valence electrons. The Morgan fingerprint density at radius 2 is 1.80 bits per heavy atom. The molecule has 4 nitrogen and oxygen atoms in total. The standard InChI is InChI=1S/C16H23NO3/c1-17(2)9-8-14(18)13-6-7-15-16(12-13)20-11-5-3-4-10-19-15/h6-7,12H,3-5,8-11H2,1-2H3/p+1. The summed E-state index contributed by atoms with van der Waals surface area (Å²) >= 11 is 0. The summed E-state index contributed by atoms with van der Waals surface area (Å²) in [6.45, 7) is 2.25. The van der Waals surface area contributed by atoms with Crippen molar-refractivity contribution in [2.24, 2.45) is 0 Å². The number of hydrogen-bond donors (Lipinski definition) is 1. The van der Waals surface area contributed by atoms with E-state index in [0.717, 1.165) is 31.6 Å². The lowest BCUT2D eigenvalue weighted by Gasteiger charge is -2.12. The van der Waals surface area contributed by atoms with E-state index in [1.54, 1.807) is 0 Å². The molecule has 0 atom stereocenters. The van der Waals surface area contributed by atoms with Crippen LogP contribution in [0.2, 0.25) is 0 Å². The van der Waals surface area contributed by atoms with Crippen LogP contribution >= 0.6 is 0 Å². The first-order valence-electron chi connectivity index (χ1n) is 7.38. The molecule has 1 heterocycles. The van der Waals surface area contributed by atoms with Crippen molar-refractivity contribution in [3.63, 3.8) is 0 Å². The minimum Gasteiger partial charge on any atom is -0.490 e. The van der Waals surface area contributed by atoms with Gasteiger partial charge >= 0.3 is 0 Å². The second kappa shape index (κ2) is 7.29. The van der Waals surface area contributed by atoms with Crippen LogP contribution in [0.4, 0.5) is 0 Å². The molecule has 0 bridgehead atoms. The largest absolute Gasteiger partial charge is 0.490 e. The van der Waals surface area contributed by atoms with Gasteiger partial charge in [-0.2, -0.15) is 0 Å². The van der Waals surface area contributed by atoms with Crippen LogP contribution in [0.3, 0.4) is 0 Å². The lowest BCUT2D eigenvalue weighted by atomic mass is 10.1. The second-order valence-electron chi connectivity index (χ2n) is 5.55. The molecule has 0 fully saturated rings. The number of quaternary nitrogens is 1. The van der Waals surface area contributed by atoms with E-state index in [-0.39, 0.29) is 5.78 Å². The molecule has 1 aromatic carbocycles. The van der Waals surface area contributed by atoms with Gasteiger partial charge in [-0.15, -0.1) is 0 Å². The maximum absolute atomic E-state index is 12.1. The molecule has 1 aromatic rings. The Labute approximate surface area is 120 Å². The number of fused-ring (bicyclic) bond motifs is 1. The highest BCUT2D eigenvalue weighted by molar-refractivity contribution is 5.96. The fraction of sp³-hybridized carbons (Fsp3) is 0.562. The molecule has 20 heavy (non-hydrogen) atoms. The van der Waals surface area contributed by atoms with Gasteiger partial charge in [0.05, 0.1) is 40.3 Å². The number of carbonyl (C=O) groups is 1. The Bertz CT molecular complexity index is 457. The first kappa shape index (κ1) is 14.9. The van der Waals surface area contributed by atoms with Crippen molar-refractivity contribution in [3.8, 4) is 11.5 Å². The van der Waals surface area contributed by atoms with Crippen molar-refractivity contribution in [1.29, 1.82) is 0 Å². The second-order valence-corrected chi connectivity index (χ2v) is 5.55. The summed E-state index contributed by atoms with van der Waals surface area (Å²) in [6, 6.07) is 5.53. The van der Waals surface area contributed by atoms with Gasteiger partial charge in [0.15, 0.2) is 17.3 Å². The minimum atomic E-state index is 0.164. The van der Waals surface area contributed by atoms with E-state index in [1.807, 2.05) is 32.3 Å². The van der Waals surface area contributed by atoms with E-state index in [9.17, 15) is 4.79 Å². The summed E-state index contributed by atoms with van der Waals surface area (Å²) < 4.78 is 11.4. The lowest BCUT2D eigenvalue weighted by molar-refractivity contribution is -0.857. The van der Waals surface area contributed by atoms with E-state index >= 15 is 0 Å². The maximum Gasteiger partial charge on any atom is 0.168 e. The van der Waals surface area contributed by atoms with Gasteiger partial charge in [0.25, 0.3) is 0 Å². The average Bonchev–Trinajstić information content (AvgIpc) is 2.55. The van der Waals surface area contributed by atoms with Gasteiger partial charge < -0.3 is 14.4 Å². The average molecular weight is 278 g/mol. The summed E-state index contributed by atoms with van der Waals surface area (Å²) in [7, 11) is 4.10. The number of carbonyl (C=O) groups excluding carboxylic acids is 1. The van der Waals surface area contributed by atoms with Crippen LogP contribution in [0.25, 0.3) is 0 Å². The van der Waals surface area contributed by atoms with Gasteiger partial charge in [0.1, 0.15) is 0 Å². The normalized spacial score (nSPS) is 15.3. The van der Waals surface area contributed by atoms with Crippen LogP contribution < -0.4 is 14.4 Å². The monoisotopic (exact) mass is 278 g/mol. The van der Waals surface area contributed by atoms with Crippen molar-refractivity contribution in [2.45, 2.75) is 25.7 Å². The maximum atomic E-state index is 12.1. The van der Waals surface area contributed by atoms with E-state index in [2.05, 4.69) is 0 Å². The van der Waals surface area contributed by atoms with E-state index in [1.165, 1.54) is 4.90 Å². The van der Waals surface area contributed by atoms with Crippen LogP contribution in [0.1, 0.15) is 36.0 Å². The van der Waals surface area contributed by atoms with Crippen molar-refractivity contribution < 1.29 is 19.2 Å². The summed E-state index contributed by atoms with van der Waals surface area (Å²) in [4.78, 5) is 13.4. The van der Waals surface area contributed by atoms with Crippen molar-refractivity contribution in [3.05, 3.63) is 23.8 Å². The predicted octanol–water partition coefficient (Wildman–Crippen LogP) is 1.35. The number of hydrogen-bond acceptors (Lipinski definition) is 3. The van der Waals surface area contributed by atoms with Crippen LogP contribution in [-0.2, 0) is 0 Å². The minimum absolute atomic E-state index is 0.164. The van der Waals surface area contributed by atoms with Crippen LogP contribution in [-0.4, -0.2) is 39.6 Å². The molecule has 0 amide bonds. The molecule has 0 unspecified atom stereocenters. The lowest BCUT2D eigenvalue weighted by Crippen LogP contribution is -3.05. The van der Waals surface area contributed by atoms with E-state index < -0.39 is 0 Å². The number of ether oxygens (including phenoxy) is 2. The highest BCUT2D eigenvalue weighted by Gasteiger charge is 2.13. The molecule has 4 heteroatoms. The van der Waals surface area contributed by atoms with Crippen molar-refractivity contribution >= 4 is 5.78 Å². The van der Waals surface area contributed by atoms with Crippen molar-refractivity contribution in [2.75, 3.05) is 33.9 Å². The molecule has 1 N–H and O–H groups in total. The number of rotatable bonds is 4. The number of benzene rings is 1. The van der Waals surface area contributed by atoms with Gasteiger partial charge in [0, 0.05) is 5.56 Å². The molecule has 0 radical (unpaired) electrons. The molecule has 0 aliphatic carbocycles. The molecule has 0 aromatic heterocycles. The highest BCUT2D eigenvalue weighted by Crippen LogP contribution is 2.30. The molecule has 1 aliphatic rings. The van der Waals surface area contributed by atoms with E-state index in [4.69, 9.17) is 9.47 Å². The van der Waals surface area contributed by atoms with Crippen LogP contribution in [0.15, 0.2) is 18.2 Å². The van der Waals surface area contributed by atoms with E-state index in [0.29, 0.717) is 30.9 Å². The molecule has 0 saturated heterocycles. The highest BCUT2D eigenvalue weighted by atomic mass is 16.5. The fourth-order valence-electron chi connectivity index (χ4n) is 2.17. The fourth-order valence-corrected chi connectivity index (χ4v) is 2.17. The van der Waals surface area contributed by atoms with Gasteiger partial charge in [-0.3, -0.25) is 4.79 Å². The molecular formula is C16H24NO3+. The zero-order valence-corrected chi connectivity index (χ0v) is 12.4. The van der Waals surface area contributed by atoms with Gasteiger partial charge in [-0.1, -0.05) is 0 Å². The summed E-state index contributed by atoms with van der Waals surface area (Å²) in [5.74, 6) is 1.62. The third kappa shape index (κ3) is 4.23. The van der Waals surface area contributed by atoms with Crippen molar-refractivity contribution in [1.82, 2.24) is 0 Å². The molecular weight excluding hydrogens is 254 g/mol. The summed E-state index contributed by atoms with van der Waals surface area (Å²) in [5.41, 5.74) is 0.716. The first-order chi connectivity index (χ1) is 9.66. The number of ketones is 1. The molecule has 1 aliphatic heterocycles. The summed E-state index contributed by atoms with van der Waals surface area (Å²) in [5, 5.41) is 0. The topological polar surface area (TPSA) is 40.0 Å². The Kier molecular flexibility index (Phi) is 5.41. The summed E-state index contributed by atoms with van der Waals surface area (Å²) in [6.07, 6.45) is 3.76. The first-order valence-corrected chi connectivity index (χ1v) is 7.38. The van der Waals surface area contributed by atoms with Gasteiger partial charge in [-0.25, -0.2) is 0 Å². The smallest absolute Gasteiger partial charge is 0.168 e. The Balaban J connectivity index is 2.10. The Hall–Kier alpha value is -1.55. The third-order valence-corrected chi connectivity index (χ3v) is 3.42. The molecule has 0 spiro atoms. The van der Waals surface area contributed by atoms with Crippen LogP contribution in [0, 0.1) is 0 Å². The number of nitrogens with one attached hydrogen (secondary N) is 1. The van der Waals surface area contributed by atoms with Gasteiger partial charge in [0.2, 0.25) is 0 Å². The van der Waals surface area contributed by atoms with Crippen LogP contribution in [0.5, 0.6) is 11.5 Å². The quantitative estimate of drug-likeness (QED) is 0.845. The Morgan fingerprint density at radius 1 is 1.10 bits per heavy atom. The molecule has 0 saturated carbocycles.